The van der Waals surface area contributed by atoms with E-state index in [1.54, 1.807) is 0 Å². The molecule has 0 unspecified atom stereocenters. The van der Waals surface area contributed by atoms with Crippen LogP contribution in [0.3, 0.4) is 0 Å². The van der Waals surface area contributed by atoms with E-state index in [1.807, 2.05) is 31.2 Å². The molecule has 1 heterocycles. The second kappa shape index (κ2) is 7.26. The maximum Gasteiger partial charge on any atom is 0.315 e. The van der Waals surface area contributed by atoms with Crippen molar-refractivity contribution in [1.29, 1.82) is 0 Å². The zero-order valence-electron chi connectivity index (χ0n) is 13.3. The average molecular weight is 314 g/mol. The van der Waals surface area contributed by atoms with Gasteiger partial charge in [0.25, 0.3) is 0 Å². The summed E-state index contributed by atoms with van der Waals surface area (Å²) in [5.74, 6) is 0.943. The highest BCUT2D eigenvalue weighted by atomic mass is 16.5. The number of urea groups is 1. The summed E-state index contributed by atoms with van der Waals surface area (Å²) in [7, 11) is 0. The van der Waals surface area contributed by atoms with Crippen molar-refractivity contribution < 1.29 is 9.32 Å². The van der Waals surface area contributed by atoms with E-state index in [0.29, 0.717) is 11.7 Å². The van der Waals surface area contributed by atoms with Crippen molar-refractivity contribution in [2.24, 2.45) is 0 Å². The first-order chi connectivity index (χ1) is 11.2. The molecule has 0 spiro atoms. The van der Waals surface area contributed by atoms with Gasteiger partial charge in [-0.05, 0) is 25.8 Å². The van der Waals surface area contributed by atoms with Crippen LogP contribution in [-0.2, 0) is 6.54 Å². The Labute approximate surface area is 135 Å². The van der Waals surface area contributed by atoms with Gasteiger partial charge in [-0.25, -0.2) is 4.79 Å². The Hall–Kier alpha value is -2.37. The number of hydrogen-bond donors (Lipinski definition) is 2. The second-order valence-electron chi connectivity index (χ2n) is 6.04. The fraction of sp³-hybridized carbons (Fsp3) is 0.471. The molecule has 1 aromatic heterocycles. The van der Waals surface area contributed by atoms with E-state index in [1.165, 1.54) is 19.3 Å². The van der Waals surface area contributed by atoms with Crippen LogP contribution < -0.4 is 10.6 Å². The molecule has 1 fully saturated rings. The Morgan fingerprint density at radius 1 is 1.30 bits per heavy atom. The van der Waals surface area contributed by atoms with Crippen LogP contribution in [-0.4, -0.2) is 22.2 Å². The summed E-state index contributed by atoms with van der Waals surface area (Å²) in [6, 6.07) is 8.02. The number of amides is 2. The van der Waals surface area contributed by atoms with Gasteiger partial charge in [0.05, 0.1) is 6.54 Å². The summed E-state index contributed by atoms with van der Waals surface area (Å²) in [6.07, 6.45) is 5.77. The molecule has 2 aromatic rings. The molecule has 23 heavy (non-hydrogen) atoms. The van der Waals surface area contributed by atoms with E-state index < -0.39 is 0 Å². The Kier molecular flexibility index (Phi) is 4.90. The second-order valence-corrected chi connectivity index (χ2v) is 6.04. The summed E-state index contributed by atoms with van der Waals surface area (Å²) in [5, 5.41) is 9.73. The van der Waals surface area contributed by atoms with Crippen molar-refractivity contribution in [3.05, 3.63) is 35.7 Å². The maximum atomic E-state index is 11.9. The third-order valence-corrected chi connectivity index (χ3v) is 4.08. The fourth-order valence-corrected chi connectivity index (χ4v) is 2.87. The molecule has 2 amide bonds. The van der Waals surface area contributed by atoms with E-state index in [4.69, 9.17) is 4.52 Å². The summed E-state index contributed by atoms with van der Waals surface area (Å²) >= 11 is 0. The highest BCUT2D eigenvalue weighted by molar-refractivity contribution is 5.74. The smallest absolute Gasteiger partial charge is 0.315 e. The van der Waals surface area contributed by atoms with Crippen LogP contribution in [0.2, 0.25) is 0 Å². The van der Waals surface area contributed by atoms with Crippen molar-refractivity contribution >= 4 is 6.03 Å². The minimum atomic E-state index is -0.174. The van der Waals surface area contributed by atoms with Crippen molar-refractivity contribution in [3.63, 3.8) is 0 Å². The van der Waals surface area contributed by atoms with Crippen LogP contribution in [0.4, 0.5) is 4.79 Å². The van der Waals surface area contributed by atoms with E-state index >= 15 is 0 Å². The van der Waals surface area contributed by atoms with Gasteiger partial charge in [0.2, 0.25) is 11.7 Å². The lowest BCUT2D eigenvalue weighted by atomic mass is 9.96. The molecule has 0 atom stereocenters. The number of carbonyl (C=O) groups excluding carboxylic acids is 1. The van der Waals surface area contributed by atoms with Gasteiger partial charge in [0, 0.05) is 11.6 Å². The molecule has 3 rings (SSSR count). The zero-order chi connectivity index (χ0) is 16.1. The van der Waals surface area contributed by atoms with Crippen LogP contribution in [0, 0.1) is 6.92 Å². The van der Waals surface area contributed by atoms with Gasteiger partial charge in [0.15, 0.2) is 0 Å². The molecule has 1 aliphatic carbocycles. The number of rotatable bonds is 4. The molecular weight excluding hydrogens is 292 g/mol. The number of hydrogen-bond acceptors (Lipinski definition) is 4. The Morgan fingerprint density at radius 2 is 2.13 bits per heavy atom. The molecule has 0 radical (unpaired) electrons. The average Bonchev–Trinajstić information content (AvgIpc) is 3.03. The van der Waals surface area contributed by atoms with Gasteiger partial charge >= 0.3 is 6.03 Å². The number of carbonyl (C=O) groups is 1. The zero-order valence-corrected chi connectivity index (χ0v) is 13.3. The van der Waals surface area contributed by atoms with E-state index in [2.05, 4.69) is 20.8 Å². The van der Waals surface area contributed by atoms with Gasteiger partial charge in [-0.3, -0.25) is 0 Å². The minimum Gasteiger partial charge on any atom is -0.337 e. The first-order valence-electron chi connectivity index (χ1n) is 8.15. The first kappa shape index (κ1) is 15.5. The quantitative estimate of drug-likeness (QED) is 0.908. The van der Waals surface area contributed by atoms with Gasteiger partial charge in [-0.2, -0.15) is 4.98 Å². The molecule has 122 valence electrons. The number of nitrogens with zero attached hydrogens (tertiary/aromatic N) is 2. The molecule has 6 heteroatoms. The Bertz CT molecular complexity index is 662. The lowest BCUT2D eigenvalue weighted by molar-refractivity contribution is 0.230. The fourth-order valence-electron chi connectivity index (χ4n) is 2.87. The van der Waals surface area contributed by atoms with E-state index in [0.717, 1.165) is 24.0 Å². The monoisotopic (exact) mass is 314 g/mol. The lowest BCUT2D eigenvalue weighted by Gasteiger charge is -2.22. The molecule has 1 aliphatic rings. The summed E-state index contributed by atoms with van der Waals surface area (Å²) < 4.78 is 5.20. The van der Waals surface area contributed by atoms with Crippen molar-refractivity contribution in [2.45, 2.75) is 51.6 Å². The topological polar surface area (TPSA) is 80.0 Å². The van der Waals surface area contributed by atoms with Gasteiger partial charge in [0.1, 0.15) is 0 Å². The SMILES string of the molecule is Cc1cccc(-c2noc(CNC(=O)NC3CCCCC3)n2)c1. The number of aromatic nitrogens is 2. The van der Waals surface area contributed by atoms with Crippen LogP contribution in [0.5, 0.6) is 0 Å². The van der Waals surface area contributed by atoms with E-state index in [-0.39, 0.29) is 18.6 Å². The Morgan fingerprint density at radius 3 is 2.91 bits per heavy atom. The molecule has 6 nitrogen and oxygen atoms in total. The van der Waals surface area contributed by atoms with E-state index in [9.17, 15) is 4.79 Å². The van der Waals surface area contributed by atoms with Crippen LogP contribution in [0.15, 0.2) is 28.8 Å². The highest BCUT2D eigenvalue weighted by Crippen LogP contribution is 2.18. The van der Waals surface area contributed by atoms with Crippen LogP contribution in [0.25, 0.3) is 11.4 Å². The molecule has 0 bridgehead atoms. The number of nitrogens with one attached hydrogen (secondary N) is 2. The normalized spacial score (nSPS) is 15.3. The van der Waals surface area contributed by atoms with Crippen molar-refractivity contribution in [2.75, 3.05) is 0 Å². The third-order valence-electron chi connectivity index (χ3n) is 4.08. The summed E-state index contributed by atoms with van der Waals surface area (Å²) in [4.78, 5) is 16.2. The van der Waals surface area contributed by atoms with Crippen molar-refractivity contribution in [3.8, 4) is 11.4 Å². The van der Waals surface area contributed by atoms with Gasteiger partial charge in [-0.15, -0.1) is 0 Å². The molecular formula is C17H22N4O2. The number of benzene rings is 1. The molecule has 1 saturated carbocycles. The summed E-state index contributed by atoms with van der Waals surface area (Å²) in [6.45, 7) is 2.25. The third kappa shape index (κ3) is 4.31. The van der Waals surface area contributed by atoms with Gasteiger partial charge in [-0.1, -0.05) is 48.2 Å². The first-order valence-corrected chi connectivity index (χ1v) is 8.15. The van der Waals surface area contributed by atoms with Crippen molar-refractivity contribution in [1.82, 2.24) is 20.8 Å². The van der Waals surface area contributed by atoms with Crippen LogP contribution >= 0.6 is 0 Å². The summed E-state index contributed by atoms with van der Waals surface area (Å²) in [5.41, 5.74) is 2.05. The minimum absolute atomic E-state index is 0.174. The molecule has 0 saturated heterocycles. The van der Waals surface area contributed by atoms with Crippen LogP contribution in [0.1, 0.15) is 43.6 Å². The largest absolute Gasteiger partial charge is 0.337 e. The predicted octanol–water partition coefficient (Wildman–Crippen LogP) is 3.18. The molecule has 1 aromatic carbocycles. The number of aryl methyl sites for hydroxylation is 1. The van der Waals surface area contributed by atoms with Gasteiger partial charge < -0.3 is 15.2 Å². The Balaban J connectivity index is 1.52. The molecule has 2 N–H and O–H groups in total. The maximum absolute atomic E-state index is 11.9. The predicted molar refractivity (Wildman–Crippen MR) is 86.7 cm³/mol. The molecule has 0 aliphatic heterocycles. The highest BCUT2D eigenvalue weighted by Gasteiger charge is 2.16. The lowest BCUT2D eigenvalue weighted by Crippen LogP contribution is -2.42. The standard InChI is InChI=1S/C17H22N4O2/c1-12-6-5-7-13(10-12)16-20-15(23-21-16)11-18-17(22)19-14-8-3-2-4-9-14/h5-7,10,14H,2-4,8-9,11H2,1H3,(H2,18,19,22).